The number of aliphatic carboxylic acids is 1. The summed E-state index contributed by atoms with van der Waals surface area (Å²) in [5.74, 6) is -2.01. The van der Waals surface area contributed by atoms with Crippen LogP contribution in [-0.4, -0.2) is 41.4 Å². The van der Waals surface area contributed by atoms with Crippen LogP contribution in [0.1, 0.15) is 30.4 Å². The van der Waals surface area contributed by atoms with E-state index in [9.17, 15) is 14.4 Å². The van der Waals surface area contributed by atoms with Crippen LogP contribution >= 0.6 is 0 Å². The van der Waals surface area contributed by atoms with Crippen LogP contribution in [0.4, 0.5) is 5.69 Å². The molecule has 0 heterocycles. The van der Waals surface area contributed by atoms with E-state index >= 15 is 0 Å². The van der Waals surface area contributed by atoms with Crippen molar-refractivity contribution in [2.75, 3.05) is 18.9 Å². The molecule has 24 heavy (non-hydrogen) atoms. The van der Waals surface area contributed by atoms with E-state index in [-0.39, 0.29) is 24.3 Å². The summed E-state index contributed by atoms with van der Waals surface area (Å²) >= 11 is 0. The van der Waals surface area contributed by atoms with Gasteiger partial charge in [0.15, 0.2) is 0 Å². The Bertz CT molecular complexity index is 636. The molecule has 2 N–H and O–H groups in total. The molecule has 1 saturated carbocycles. The first-order chi connectivity index (χ1) is 11.3. The standard InChI is InChI=1S/C18H24N2O4/c1-11-5-4-6-12(2)16(11)19-15(21)10-20(3)17(22)13-7-8-14(9-13)18(23)24/h4-6,13-14H,7-10H2,1-3H3,(H,19,21)(H,23,24)/t13-,14+/m1/s1. The van der Waals surface area contributed by atoms with Gasteiger partial charge in [0.05, 0.1) is 12.5 Å². The molecule has 0 aliphatic heterocycles. The molecular weight excluding hydrogens is 308 g/mol. The molecule has 1 aliphatic carbocycles. The largest absolute Gasteiger partial charge is 0.481 e. The number of carboxylic acid groups (broad SMARTS) is 1. The van der Waals surface area contributed by atoms with Crippen molar-refractivity contribution >= 4 is 23.5 Å². The SMILES string of the molecule is Cc1cccc(C)c1NC(=O)CN(C)C(=O)[C@@H]1CC[C@H](C(=O)O)C1. The van der Waals surface area contributed by atoms with Crippen molar-refractivity contribution in [1.82, 2.24) is 4.90 Å². The van der Waals surface area contributed by atoms with Crippen LogP contribution in [0.3, 0.4) is 0 Å². The van der Waals surface area contributed by atoms with Gasteiger partial charge in [0.1, 0.15) is 0 Å². The predicted octanol–water partition coefficient (Wildman–Crippen LogP) is 2.20. The summed E-state index contributed by atoms with van der Waals surface area (Å²) in [5, 5.41) is 11.9. The van der Waals surface area contributed by atoms with Gasteiger partial charge in [-0.25, -0.2) is 0 Å². The van der Waals surface area contributed by atoms with Crippen LogP contribution < -0.4 is 5.32 Å². The summed E-state index contributed by atoms with van der Waals surface area (Å²) in [6, 6.07) is 5.76. The Labute approximate surface area is 141 Å². The second kappa shape index (κ2) is 7.47. The highest BCUT2D eigenvalue weighted by atomic mass is 16.4. The zero-order valence-corrected chi connectivity index (χ0v) is 14.3. The van der Waals surface area contributed by atoms with E-state index in [1.807, 2.05) is 32.0 Å². The number of para-hydroxylation sites is 1. The van der Waals surface area contributed by atoms with E-state index in [4.69, 9.17) is 5.11 Å². The predicted molar refractivity (Wildman–Crippen MR) is 90.6 cm³/mol. The fraction of sp³-hybridized carbons (Fsp3) is 0.500. The van der Waals surface area contributed by atoms with Gasteiger partial charge in [-0.3, -0.25) is 14.4 Å². The number of carbonyl (C=O) groups excluding carboxylic acids is 2. The van der Waals surface area contributed by atoms with Gasteiger partial charge in [-0.2, -0.15) is 0 Å². The van der Waals surface area contributed by atoms with Crippen molar-refractivity contribution in [3.05, 3.63) is 29.3 Å². The van der Waals surface area contributed by atoms with E-state index in [1.54, 1.807) is 7.05 Å². The van der Waals surface area contributed by atoms with E-state index in [0.717, 1.165) is 16.8 Å². The summed E-state index contributed by atoms with van der Waals surface area (Å²) in [4.78, 5) is 37.0. The van der Waals surface area contributed by atoms with E-state index in [1.165, 1.54) is 4.90 Å². The highest BCUT2D eigenvalue weighted by molar-refractivity contribution is 5.96. The summed E-state index contributed by atoms with van der Waals surface area (Å²) in [7, 11) is 1.58. The van der Waals surface area contributed by atoms with Gasteiger partial charge in [-0.1, -0.05) is 18.2 Å². The minimum absolute atomic E-state index is 0.0408. The van der Waals surface area contributed by atoms with Crippen molar-refractivity contribution in [1.29, 1.82) is 0 Å². The van der Waals surface area contributed by atoms with Crippen molar-refractivity contribution in [2.45, 2.75) is 33.1 Å². The molecule has 0 saturated heterocycles. The van der Waals surface area contributed by atoms with Gasteiger partial charge in [0, 0.05) is 18.7 Å². The van der Waals surface area contributed by atoms with Crippen LogP contribution in [0.5, 0.6) is 0 Å². The Kier molecular flexibility index (Phi) is 5.59. The number of rotatable bonds is 5. The van der Waals surface area contributed by atoms with Crippen molar-refractivity contribution in [2.24, 2.45) is 11.8 Å². The smallest absolute Gasteiger partial charge is 0.306 e. The lowest BCUT2D eigenvalue weighted by Gasteiger charge is -2.21. The molecule has 2 amide bonds. The van der Waals surface area contributed by atoms with Crippen molar-refractivity contribution in [3.63, 3.8) is 0 Å². The van der Waals surface area contributed by atoms with Gasteiger partial charge >= 0.3 is 5.97 Å². The molecule has 1 aromatic rings. The summed E-state index contributed by atoms with van der Waals surface area (Å²) in [5.41, 5.74) is 2.71. The molecule has 2 atom stereocenters. The maximum atomic E-state index is 12.4. The number of carbonyl (C=O) groups is 3. The number of nitrogens with one attached hydrogen (secondary N) is 1. The Morgan fingerprint density at radius 3 is 2.29 bits per heavy atom. The second-order valence-corrected chi connectivity index (χ2v) is 6.55. The fourth-order valence-corrected chi connectivity index (χ4v) is 3.23. The van der Waals surface area contributed by atoms with Crippen LogP contribution in [0.25, 0.3) is 0 Å². The number of carboxylic acids is 1. The first-order valence-corrected chi connectivity index (χ1v) is 8.13. The van der Waals surface area contributed by atoms with Gasteiger partial charge in [0.2, 0.25) is 11.8 Å². The molecule has 1 aliphatic rings. The third-order valence-electron chi connectivity index (χ3n) is 4.63. The summed E-state index contributed by atoms with van der Waals surface area (Å²) in [6.45, 7) is 3.80. The average molecular weight is 332 g/mol. The van der Waals surface area contributed by atoms with Crippen LogP contribution in [-0.2, 0) is 14.4 Å². The van der Waals surface area contributed by atoms with Crippen LogP contribution in [0.15, 0.2) is 18.2 Å². The molecule has 0 aromatic heterocycles. The van der Waals surface area contributed by atoms with E-state index in [2.05, 4.69) is 5.32 Å². The van der Waals surface area contributed by atoms with Crippen molar-refractivity contribution < 1.29 is 19.5 Å². The molecule has 0 bridgehead atoms. The first kappa shape index (κ1) is 18.0. The van der Waals surface area contributed by atoms with E-state index < -0.39 is 11.9 Å². The highest BCUT2D eigenvalue weighted by Crippen LogP contribution is 2.32. The monoisotopic (exact) mass is 332 g/mol. The van der Waals surface area contributed by atoms with Crippen molar-refractivity contribution in [3.8, 4) is 0 Å². The third-order valence-corrected chi connectivity index (χ3v) is 4.63. The van der Waals surface area contributed by atoms with Gasteiger partial charge in [-0.05, 0) is 44.2 Å². The molecule has 0 radical (unpaired) electrons. The Balaban J connectivity index is 1.92. The fourth-order valence-electron chi connectivity index (χ4n) is 3.23. The lowest BCUT2D eigenvalue weighted by Crippen LogP contribution is -2.38. The van der Waals surface area contributed by atoms with Crippen LogP contribution in [0.2, 0.25) is 0 Å². The first-order valence-electron chi connectivity index (χ1n) is 8.13. The minimum Gasteiger partial charge on any atom is -0.481 e. The molecule has 130 valence electrons. The Morgan fingerprint density at radius 1 is 1.17 bits per heavy atom. The number of anilines is 1. The molecule has 1 fully saturated rings. The summed E-state index contributed by atoms with van der Waals surface area (Å²) in [6.07, 6.45) is 1.45. The average Bonchev–Trinajstić information content (AvgIpc) is 3.00. The van der Waals surface area contributed by atoms with Gasteiger partial charge < -0.3 is 15.3 Å². The Morgan fingerprint density at radius 2 is 1.75 bits per heavy atom. The molecule has 1 aromatic carbocycles. The number of benzene rings is 1. The maximum absolute atomic E-state index is 12.4. The lowest BCUT2D eigenvalue weighted by molar-refractivity contribution is -0.142. The number of hydrogen-bond donors (Lipinski definition) is 2. The van der Waals surface area contributed by atoms with Crippen LogP contribution in [0, 0.1) is 25.7 Å². The Hall–Kier alpha value is -2.37. The minimum atomic E-state index is -0.847. The molecule has 2 rings (SSSR count). The normalized spacial score (nSPS) is 19.8. The second-order valence-electron chi connectivity index (χ2n) is 6.55. The third kappa shape index (κ3) is 4.13. The zero-order valence-electron chi connectivity index (χ0n) is 14.3. The van der Waals surface area contributed by atoms with E-state index in [0.29, 0.717) is 19.3 Å². The highest BCUT2D eigenvalue weighted by Gasteiger charge is 2.35. The molecule has 0 spiro atoms. The quantitative estimate of drug-likeness (QED) is 0.865. The maximum Gasteiger partial charge on any atom is 0.306 e. The number of amides is 2. The van der Waals surface area contributed by atoms with Gasteiger partial charge in [-0.15, -0.1) is 0 Å². The number of hydrogen-bond acceptors (Lipinski definition) is 3. The number of nitrogens with zero attached hydrogens (tertiary/aromatic N) is 1. The summed E-state index contributed by atoms with van der Waals surface area (Å²) < 4.78 is 0. The number of likely N-dealkylation sites (N-methyl/N-ethyl adjacent to an activating group) is 1. The molecular formula is C18H24N2O4. The molecule has 6 nitrogen and oxygen atoms in total. The molecule has 0 unspecified atom stereocenters. The number of aryl methyl sites for hydroxylation is 2. The molecule has 6 heteroatoms. The lowest BCUT2D eigenvalue weighted by atomic mass is 10.0. The topological polar surface area (TPSA) is 86.7 Å². The van der Waals surface area contributed by atoms with Gasteiger partial charge in [0.25, 0.3) is 0 Å². The zero-order chi connectivity index (χ0) is 17.9.